The van der Waals surface area contributed by atoms with Crippen molar-refractivity contribution in [3.05, 3.63) is 22.2 Å². The van der Waals surface area contributed by atoms with Gasteiger partial charge in [-0.25, -0.2) is 0 Å². The van der Waals surface area contributed by atoms with Crippen molar-refractivity contribution in [1.82, 2.24) is 4.21 Å². The zero-order valence-corrected chi connectivity index (χ0v) is 7.64. The van der Waals surface area contributed by atoms with E-state index < -0.39 is 10.3 Å². The van der Waals surface area contributed by atoms with Crippen LogP contribution in [0, 0.1) is 5.21 Å². The highest BCUT2D eigenvalue weighted by atomic mass is 32.2. The van der Waals surface area contributed by atoms with Crippen LogP contribution in [-0.4, -0.2) is 16.1 Å². The van der Waals surface area contributed by atoms with Gasteiger partial charge in [-0.1, -0.05) is 11.3 Å². The molecule has 2 rings (SSSR count). The van der Waals surface area contributed by atoms with Gasteiger partial charge in [0.15, 0.2) is 0 Å². The van der Waals surface area contributed by atoms with E-state index in [0.29, 0.717) is 5.56 Å². The molecule has 0 radical (unpaired) electrons. The summed E-state index contributed by atoms with van der Waals surface area (Å²) in [5.41, 5.74) is 0.552. The molecule has 1 unspecified atom stereocenters. The van der Waals surface area contributed by atoms with Crippen molar-refractivity contribution in [2.24, 2.45) is 0 Å². The lowest BCUT2D eigenvalue weighted by atomic mass is 10.2. The summed E-state index contributed by atoms with van der Waals surface area (Å²) in [4.78, 5) is 0. The Morgan fingerprint density at radius 3 is 3.08 bits per heavy atom. The van der Waals surface area contributed by atoms with Crippen molar-refractivity contribution in [3.63, 3.8) is 0 Å². The molecule has 6 heteroatoms. The van der Waals surface area contributed by atoms with Crippen LogP contribution in [0.5, 0.6) is 0 Å². The minimum Gasteiger partial charge on any atom is -0.580 e. The monoisotopic (exact) mass is 205 g/mol. The molecule has 0 fully saturated rings. The Kier molecular flexibility index (Phi) is 1.90. The van der Waals surface area contributed by atoms with Crippen LogP contribution in [0.1, 0.15) is 11.7 Å². The van der Waals surface area contributed by atoms with E-state index in [4.69, 9.17) is 0 Å². The molecule has 0 saturated carbocycles. The summed E-state index contributed by atoms with van der Waals surface area (Å²) in [7, 11) is 0. The lowest BCUT2D eigenvalue weighted by molar-refractivity contribution is 0.0681. The first-order valence-electron chi connectivity index (χ1n) is 3.34. The van der Waals surface area contributed by atoms with E-state index in [0.717, 1.165) is 23.3 Å². The van der Waals surface area contributed by atoms with E-state index >= 15 is 0 Å². The molecule has 66 valence electrons. The lowest BCUT2D eigenvalue weighted by Gasteiger charge is -2.33. The first-order chi connectivity index (χ1) is 5.61. The molecule has 1 aromatic rings. The summed E-state index contributed by atoms with van der Waals surface area (Å²) in [6.07, 6.45) is -0.622. The molecular formula is C6H7NO3S2. The fourth-order valence-electron chi connectivity index (χ4n) is 1.11. The molecule has 0 spiro atoms. The average molecular weight is 205 g/mol. The van der Waals surface area contributed by atoms with Crippen LogP contribution in [0.25, 0.3) is 0 Å². The molecule has 0 aliphatic carbocycles. The van der Waals surface area contributed by atoms with Crippen LogP contribution in [0.4, 0.5) is 5.00 Å². The van der Waals surface area contributed by atoms with Gasteiger partial charge >= 0.3 is 0 Å². The van der Waals surface area contributed by atoms with Gasteiger partial charge in [-0.3, -0.25) is 0 Å². The van der Waals surface area contributed by atoms with E-state index in [1.54, 1.807) is 11.4 Å². The van der Waals surface area contributed by atoms with Crippen molar-refractivity contribution >= 4 is 28.3 Å². The normalized spacial score (nSPS) is 34.8. The van der Waals surface area contributed by atoms with Crippen LogP contribution in [-0.2, 0) is 0 Å². The molecule has 1 aliphatic rings. The molecule has 0 aromatic carbocycles. The van der Waals surface area contributed by atoms with Crippen LogP contribution in [0.2, 0.25) is 0 Å². The van der Waals surface area contributed by atoms with Crippen LogP contribution in [0.3, 0.4) is 0 Å². The highest BCUT2D eigenvalue weighted by Crippen LogP contribution is 2.45. The Morgan fingerprint density at radius 1 is 1.67 bits per heavy atom. The maximum absolute atomic E-state index is 11.3. The number of aliphatic hydroxyl groups is 1. The SMILES string of the molecule is [O-][N+]1(O)SC[C@H](O)c2ccsc21. The van der Waals surface area contributed by atoms with Gasteiger partial charge in [0, 0.05) is 0 Å². The van der Waals surface area contributed by atoms with Crippen molar-refractivity contribution in [1.29, 1.82) is 0 Å². The summed E-state index contributed by atoms with van der Waals surface area (Å²) >= 11 is 1.94. The van der Waals surface area contributed by atoms with Gasteiger partial charge in [-0.05, 0) is 11.4 Å². The van der Waals surface area contributed by atoms with Gasteiger partial charge in [0.25, 0.3) is 0 Å². The van der Waals surface area contributed by atoms with Crippen molar-refractivity contribution in [3.8, 4) is 0 Å². The van der Waals surface area contributed by atoms with Gasteiger partial charge in [-0.2, -0.15) is 5.21 Å². The fourth-order valence-corrected chi connectivity index (χ4v) is 2.96. The summed E-state index contributed by atoms with van der Waals surface area (Å²) in [6.45, 7) is 0. The molecule has 4 nitrogen and oxygen atoms in total. The molecule has 1 aliphatic heterocycles. The first-order valence-corrected chi connectivity index (χ1v) is 5.17. The third-order valence-electron chi connectivity index (χ3n) is 1.70. The van der Waals surface area contributed by atoms with Gasteiger partial charge < -0.3 is 10.3 Å². The Labute approximate surface area is 77.3 Å². The van der Waals surface area contributed by atoms with Crippen molar-refractivity contribution < 1.29 is 10.3 Å². The number of aliphatic hydroxyl groups excluding tert-OH is 1. The van der Waals surface area contributed by atoms with Crippen molar-refractivity contribution in [2.45, 2.75) is 6.10 Å². The second-order valence-electron chi connectivity index (χ2n) is 2.51. The Morgan fingerprint density at radius 2 is 2.42 bits per heavy atom. The van der Waals surface area contributed by atoms with Crippen LogP contribution < -0.4 is 4.21 Å². The Bertz CT molecular complexity index is 299. The Balaban J connectivity index is 2.50. The minimum atomic E-state index is -1.41. The van der Waals surface area contributed by atoms with E-state index in [2.05, 4.69) is 0 Å². The summed E-state index contributed by atoms with van der Waals surface area (Å²) in [5, 5.41) is 32.0. The standard InChI is InChI=1S/C6H7NO3S2/c8-5-3-12-7(9,10)6-4(5)1-2-11-6/h1-2,5,8-9H,3H2/t5-/m0/s1. The summed E-state index contributed by atoms with van der Waals surface area (Å²) in [5.74, 6) is 0.240. The molecule has 2 N–H and O–H groups in total. The molecule has 0 bridgehead atoms. The molecule has 2 heterocycles. The summed E-state index contributed by atoms with van der Waals surface area (Å²) < 4.78 is -1.41. The second kappa shape index (κ2) is 2.69. The molecular weight excluding hydrogens is 198 g/mol. The zero-order chi connectivity index (χ0) is 8.77. The van der Waals surface area contributed by atoms with E-state index in [1.807, 2.05) is 0 Å². The fraction of sp³-hybridized carbons (Fsp3) is 0.333. The van der Waals surface area contributed by atoms with Crippen molar-refractivity contribution in [2.75, 3.05) is 5.75 Å². The maximum Gasteiger partial charge on any atom is 0.239 e. The van der Waals surface area contributed by atoms with E-state index in [-0.39, 0.29) is 10.8 Å². The third-order valence-corrected chi connectivity index (χ3v) is 3.79. The summed E-state index contributed by atoms with van der Waals surface area (Å²) in [6, 6.07) is 1.67. The average Bonchev–Trinajstić information content (AvgIpc) is 2.46. The number of thiophene rings is 1. The van der Waals surface area contributed by atoms with E-state index in [9.17, 15) is 15.5 Å². The molecule has 12 heavy (non-hydrogen) atoms. The smallest absolute Gasteiger partial charge is 0.239 e. The minimum absolute atomic E-state index is 0.240. The molecule has 0 saturated heterocycles. The second-order valence-corrected chi connectivity index (χ2v) is 4.49. The van der Waals surface area contributed by atoms with Gasteiger partial charge in [-0.15, -0.1) is 4.21 Å². The van der Waals surface area contributed by atoms with Gasteiger partial charge in [0.05, 0.1) is 11.3 Å². The lowest BCUT2D eigenvalue weighted by Crippen LogP contribution is -2.35. The number of fused-ring (bicyclic) bond motifs is 1. The van der Waals surface area contributed by atoms with Gasteiger partial charge in [0.2, 0.25) is 5.00 Å². The number of hydrogen-bond acceptors (Lipinski definition) is 5. The van der Waals surface area contributed by atoms with Crippen LogP contribution in [0.15, 0.2) is 11.4 Å². The topological polar surface area (TPSA) is 63.5 Å². The third kappa shape index (κ3) is 1.17. The predicted octanol–water partition coefficient (Wildman–Crippen LogP) is 1.64. The molecule has 0 amide bonds. The quantitative estimate of drug-likeness (QED) is 0.384. The maximum atomic E-state index is 11.3. The van der Waals surface area contributed by atoms with E-state index in [1.165, 1.54) is 0 Å². The molecule has 2 atom stereocenters. The highest BCUT2D eigenvalue weighted by Gasteiger charge is 2.35. The Hall–Kier alpha value is -0.110. The highest BCUT2D eigenvalue weighted by molar-refractivity contribution is 7.98. The van der Waals surface area contributed by atoms with Crippen LogP contribution >= 0.6 is 23.3 Å². The van der Waals surface area contributed by atoms with Gasteiger partial charge in [0.1, 0.15) is 18.1 Å². The molecule has 1 aromatic heterocycles. The zero-order valence-electron chi connectivity index (χ0n) is 6.01. The first kappa shape index (κ1) is 8.49. The number of rotatable bonds is 0. The largest absolute Gasteiger partial charge is 0.580 e. The number of nitrogens with zero attached hydrogens (tertiary/aromatic N) is 1. The predicted molar refractivity (Wildman–Crippen MR) is 48.7 cm³/mol. The number of quaternary nitrogens is 1. The number of hydrogen-bond donors (Lipinski definition) is 2.